The Bertz CT molecular complexity index is 215. The van der Waals surface area contributed by atoms with Crippen LogP contribution in [0.5, 0.6) is 0 Å². The van der Waals surface area contributed by atoms with E-state index < -0.39 is 0 Å². The zero-order valence-corrected chi connectivity index (χ0v) is 7.33. The van der Waals surface area contributed by atoms with Crippen molar-refractivity contribution in [1.82, 2.24) is 5.64 Å². The Balaban J connectivity index is 0.000000130. The maximum absolute atomic E-state index is 4.22. The van der Waals surface area contributed by atoms with Gasteiger partial charge in [0, 0.05) is 0 Å². The highest BCUT2D eigenvalue weighted by Gasteiger charge is 2.12. The predicted molar refractivity (Wildman–Crippen MR) is 46.4 cm³/mol. The Kier molecular flexibility index (Phi) is 3.73. The molecule has 1 N–H and O–H groups in total. The molecule has 0 aromatic heterocycles. The lowest BCUT2D eigenvalue weighted by Gasteiger charge is -1.89. The highest BCUT2D eigenvalue weighted by Crippen LogP contribution is 2.25. The van der Waals surface area contributed by atoms with Gasteiger partial charge < -0.3 is 0 Å². The summed E-state index contributed by atoms with van der Waals surface area (Å²) in [5.74, 6) is 0. The van der Waals surface area contributed by atoms with Crippen LogP contribution in [0.4, 0.5) is 0 Å². The average molecular weight is 167 g/mol. The topological polar surface area (TPSA) is 30.5 Å². The molecule has 0 fully saturated rings. The van der Waals surface area contributed by atoms with E-state index in [4.69, 9.17) is 0 Å². The van der Waals surface area contributed by atoms with Crippen LogP contribution >= 0.6 is 0 Å². The second kappa shape index (κ2) is 4.87. The molecule has 3 heteroatoms. The number of nitrogens with one attached hydrogen (secondary N) is 1. The van der Waals surface area contributed by atoms with E-state index in [0.717, 1.165) is 0 Å². The van der Waals surface area contributed by atoms with Gasteiger partial charge in [-0.25, -0.2) is 0 Å². The van der Waals surface area contributed by atoms with Crippen LogP contribution in [0.2, 0.25) is 0 Å². The highest BCUT2D eigenvalue weighted by atomic mass is 16.9. The number of rotatable bonds is 2. The summed E-state index contributed by atoms with van der Waals surface area (Å²) in [5.41, 5.74) is 5.17. The summed E-state index contributed by atoms with van der Waals surface area (Å²) in [4.78, 5) is 8.44. The van der Waals surface area contributed by atoms with Gasteiger partial charge in [-0.05, 0) is 17.5 Å². The van der Waals surface area contributed by atoms with Gasteiger partial charge >= 0.3 is 0 Å². The molecule has 66 valence electrons. The number of hydrogen-bond acceptors (Lipinski definition) is 3. The second-order valence-electron chi connectivity index (χ2n) is 2.44. The molecule has 3 nitrogen and oxygen atoms in total. The van der Waals surface area contributed by atoms with Gasteiger partial charge in [0.05, 0.1) is 14.2 Å². The van der Waals surface area contributed by atoms with Gasteiger partial charge in [0.2, 0.25) is 0 Å². The quantitative estimate of drug-likeness (QED) is 0.684. The maximum atomic E-state index is 4.22. The number of benzene rings is 1. The Morgan fingerprint density at radius 2 is 1.58 bits per heavy atom. The molecule has 1 aliphatic carbocycles. The number of hydrogen-bond donors (Lipinski definition) is 1. The Morgan fingerprint density at radius 1 is 1.08 bits per heavy atom. The lowest BCUT2D eigenvalue weighted by Crippen LogP contribution is -2.07. The number of fused-ring (bicyclic) bond motifs is 1. The molecule has 0 saturated carbocycles. The van der Waals surface area contributed by atoms with Gasteiger partial charge in [0.25, 0.3) is 0 Å². The fourth-order valence-corrected chi connectivity index (χ4v) is 0.920. The molecule has 0 radical (unpaired) electrons. The van der Waals surface area contributed by atoms with Crippen molar-refractivity contribution in [2.24, 2.45) is 0 Å². The predicted octanol–water partition coefficient (Wildman–Crippen LogP) is 1.29. The first-order chi connectivity index (χ1) is 5.88. The van der Waals surface area contributed by atoms with Crippen LogP contribution in [0.15, 0.2) is 24.3 Å². The average Bonchev–Trinajstić information content (AvgIpc) is 2.85. The van der Waals surface area contributed by atoms with Crippen molar-refractivity contribution < 1.29 is 9.68 Å². The van der Waals surface area contributed by atoms with Crippen molar-refractivity contribution in [3.8, 4) is 0 Å². The van der Waals surface area contributed by atoms with E-state index in [1.54, 1.807) is 0 Å². The molecule has 0 unspecified atom stereocenters. The van der Waals surface area contributed by atoms with Gasteiger partial charge in [-0.3, -0.25) is 9.68 Å². The van der Waals surface area contributed by atoms with E-state index in [-0.39, 0.29) is 0 Å². The van der Waals surface area contributed by atoms with Gasteiger partial charge in [0.15, 0.2) is 0 Å². The largest absolute Gasteiger partial charge is 0.280 e. The van der Waals surface area contributed by atoms with Gasteiger partial charge in [-0.2, -0.15) is 0 Å². The Labute approximate surface area is 72.2 Å². The Morgan fingerprint density at radius 3 is 1.83 bits per heavy atom. The van der Waals surface area contributed by atoms with E-state index in [1.807, 2.05) is 0 Å². The summed E-state index contributed by atoms with van der Waals surface area (Å²) in [6.45, 7) is 0. The molecule has 0 atom stereocenters. The minimum absolute atomic E-state index is 1.24. The van der Waals surface area contributed by atoms with Crippen molar-refractivity contribution in [3.05, 3.63) is 35.4 Å². The molecule has 0 spiro atoms. The van der Waals surface area contributed by atoms with E-state index in [9.17, 15) is 0 Å². The van der Waals surface area contributed by atoms with E-state index in [0.29, 0.717) is 0 Å². The molecule has 1 aromatic rings. The molecule has 0 aliphatic heterocycles. The Hall–Kier alpha value is -0.900. The van der Waals surface area contributed by atoms with Crippen LogP contribution in [0.25, 0.3) is 0 Å². The van der Waals surface area contributed by atoms with E-state index in [2.05, 4.69) is 39.6 Å². The molecular weight excluding hydrogens is 154 g/mol. The van der Waals surface area contributed by atoms with Crippen LogP contribution in [0, 0.1) is 0 Å². The molecule has 12 heavy (non-hydrogen) atoms. The standard InChI is InChI=1S/C7H6.C2H7NO2/c1-2-4-7-5-6(7)3-1;1-4-3-5-2/h1-4H,5H2;3H,1-2H3. The minimum atomic E-state index is 1.24. The van der Waals surface area contributed by atoms with Crippen LogP contribution in [0.3, 0.4) is 0 Å². The zero-order chi connectivity index (χ0) is 8.81. The summed E-state index contributed by atoms with van der Waals surface area (Å²) >= 11 is 0. The monoisotopic (exact) mass is 167 g/mol. The lowest BCUT2D eigenvalue weighted by atomic mass is 10.4. The molecule has 0 amide bonds. The molecule has 0 heterocycles. The third-order valence-corrected chi connectivity index (χ3v) is 1.54. The zero-order valence-electron chi connectivity index (χ0n) is 7.33. The van der Waals surface area contributed by atoms with Crippen LogP contribution in [-0.4, -0.2) is 14.2 Å². The maximum Gasteiger partial charge on any atom is 0.0599 e. The van der Waals surface area contributed by atoms with Gasteiger partial charge in [0.1, 0.15) is 0 Å². The summed E-state index contributed by atoms with van der Waals surface area (Å²) in [6, 6.07) is 8.53. The van der Waals surface area contributed by atoms with Gasteiger partial charge in [-0.15, -0.1) is 0 Å². The third kappa shape index (κ3) is 3.00. The van der Waals surface area contributed by atoms with E-state index in [1.165, 1.54) is 31.8 Å². The summed E-state index contributed by atoms with van der Waals surface area (Å²) in [7, 11) is 2.95. The minimum Gasteiger partial charge on any atom is -0.280 e. The third-order valence-electron chi connectivity index (χ3n) is 1.54. The smallest absolute Gasteiger partial charge is 0.0599 e. The van der Waals surface area contributed by atoms with Gasteiger partial charge in [-0.1, -0.05) is 29.9 Å². The first-order valence-corrected chi connectivity index (χ1v) is 3.76. The van der Waals surface area contributed by atoms with Crippen LogP contribution in [-0.2, 0) is 16.1 Å². The molecule has 0 saturated heterocycles. The first kappa shape index (κ1) is 9.19. The van der Waals surface area contributed by atoms with Crippen molar-refractivity contribution in [1.29, 1.82) is 0 Å². The van der Waals surface area contributed by atoms with E-state index >= 15 is 0 Å². The second-order valence-corrected chi connectivity index (χ2v) is 2.44. The fraction of sp³-hybridized carbons (Fsp3) is 0.333. The highest BCUT2D eigenvalue weighted by molar-refractivity contribution is 5.44. The molecular formula is C9H13NO2. The summed E-state index contributed by atoms with van der Waals surface area (Å²) < 4.78 is 0. The molecule has 1 aliphatic rings. The molecule has 1 aromatic carbocycles. The van der Waals surface area contributed by atoms with Crippen molar-refractivity contribution in [3.63, 3.8) is 0 Å². The normalized spacial score (nSPS) is 11.2. The van der Waals surface area contributed by atoms with Crippen molar-refractivity contribution >= 4 is 0 Å². The van der Waals surface area contributed by atoms with Crippen molar-refractivity contribution in [2.45, 2.75) is 6.42 Å². The fourth-order valence-electron chi connectivity index (χ4n) is 0.920. The summed E-state index contributed by atoms with van der Waals surface area (Å²) in [5, 5.41) is 0. The molecule has 0 bridgehead atoms. The van der Waals surface area contributed by atoms with Crippen LogP contribution in [0.1, 0.15) is 11.1 Å². The molecule has 2 rings (SSSR count). The van der Waals surface area contributed by atoms with Crippen LogP contribution < -0.4 is 5.64 Å². The summed E-state index contributed by atoms with van der Waals surface area (Å²) in [6.07, 6.45) is 1.24. The SMILES string of the molecule is CONOC.c1ccc2c(c1)C2. The lowest BCUT2D eigenvalue weighted by molar-refractivity contribution is -0.130. The van der Waals surface area contributed by atoms with Crippen molar-refractivity contribution in [2.75, 3.05) is 14.2 Å². The first-order valence-electron chi connectivity index (χ1n) is 3.76.